The lowest BCUT2D eigenvalue weighted by molar-refractivity contribution is -0.140. The van der Waals surface area contributed by atoms with Gasteiger partial charge in [-0.25, -0.2) is 12.8 Å². The smallest absolute Gasteiger partial charge is 0.264 e. The van der Waals surface area contributed by atoms with Crippen LogP contribution in [0, 0.1) is 5.82 Å². The van der Waals surface area contributed by atoms with Crippen molar-refractivity contribution in [3.8, 4) is 5.75 Å². The van der Waals surface area contributed by atoms with Gasteiger partial charge in [0.25, 0.3) is 10.0 Å². The van der Waals surface area contributed by atoms with E-state index in [9.17, 15) is 22.4 Å². The van der Waals surface area contributed by atoms with Crippen molar-refractivity contribution < 1.29 is 27.1 Å². The molecule has 2 atom stereocenters. The molecule has 0 saturated carbocycles. The Hall–Kier alpha value is -4.41. The molecule has 0 spiro atoms. The highest BCUT2D eigenvalue weighted by atomic mass is 35.5. The van der Waals surface area contributed by atoms with Crippen LogP contribution in [0.3, 0.4) is 0 Å². The Morgan fingerprint density at radius 2 is 1.55 bits per heavy atom. The molecule has 47 heavy (non-hydrogen) atoms. The van der Waals surface area contributed by atoms with Gasteiger partial charge in [0.05, 0.1) is 17.2 Å². The zero-order valence-corrected chi connectivity index (χ0v) is 28.2. The van der Waals surface area contributed by atoms with Crippen molar-refractivity contribution in [3.05, 3.63) is 125 Å². The van der Waals surface area contributed by atoms with Crippen molar-refractivity contribution in [3.63, 3.8) is 0 Å². The highest BCUT2D eigenvalue weighted by Crippen LogP contribution is 2.27. The molecule has 11 heteroatoms. The van der Waals surface area contributed by atoms with Crippen LogP contribution in [0.5, 0.6) is 5.75 Å². The van der Waals surface area contributed by atoms with Crippen LogP contribution in [0.1, 0.15) is 38.3 Å². The second kappa shape index (κ2) is 16.4. The van der Waals surface area contributed by atoms with Crippen LogP contribution in [0.25, 0.3) is 0 Å². The average Bonchev–Trinajstić information content (AvgIpc) is 3.06. The molecular weight excluding hydrogens is 641 g/mol. The van der Waals surface area contributed by atoms with E-state index in [0.717, 1.165) is 34.1 Å². The van der Waals surface area contributed by atoms with Gasteiger partial charge in [0, 0.05) is 24.0 Å². The maximum Gasteiger partial charge on any atom is 0.264 e. The zero-order chi connectivity index (χ0) is 34.0. The van der Waals surface area contributed by atoms with E-state index in [0.29, 0.717) is 29.4 Å². The van der Waals surface area contributed by atoms with Crippen LogP contribution in [0.4, 0.5) is 10.1 Å². The summed E-state index contributed by atoms with van der Waals surface area (Å²) in [6.45, 7) is 5.41. The van der Waals surface area contributed by atoms with Crippen molar-refractivity contribution in [2.24, 2.45) is 0 Å². The average molecular weight is 680 g/mol. The molecule has 0 bridgehead atoms. The second-order valence-corrected chi connectivity index (χ2v) is 13.4. The van der Waals surface area contributed by atoms with Gasteiger partial charge in [-0.05, 0) is 92.1 Å². The number of nitrogens with zero attached hydrogens (tertiary/aromatic N) is 2. The Kier molecular flexibility index (Phi) is 12.4. The first-order valence-corrected chi connectivity index (χ1v) is 17.2. The molecule has 2 amide bonds. The van der Waals surface area contributed by atoms with Crippen molar-refractivity contribution in [2.45, 2.75) is 57.1 Å². The Morgan fingerprint density at radius 3 is 2.17 bits per heavy atom. The summed E-state index contributed by atoms with van der Waals surface area (Å²) in [5, 5.41) is 3.46. The molecule has 0 aliphatic heterocycles. The number of amides is 2. The van der Waals surface area contributed by atoms with E-state index in [2.05, 4.69) is 5.32 Å². The van der Waals surface area contributed by atoms with E-state index in [4.69, 9.17) is 16.3 Å². The van der Waals surface area contributed by atoms with Crippen molar-refractivity contribution in [2.75, 3.05) is 17.5 Å². The lowest BCUT2D eigenvalue weighted by Crippen LogP contribution is -2.54. The molecule has 0 aliphatic carbocycles. The van der Waals surface area contributed by atoms with Crippen molar-refractivity contribution in [1.82, 2.24) is 10.2 Å². The lowest BCUT2D eigenvalue weighted by atomic mass is 10.0. The molecule has 0 aliphatic rings. The summed E-state index contributed by atoms with van der Waals surface area (Å²) < 4.78 is 48.5. The largest absolute Gasteiger partial charge is 0.494 e. The van der Waals surface area contributed by atoms with Gasteiger partial charge in [-0.15, -0.1) is 0 Å². The third-order valence-corrected chi connectivity index (χ3v) is 9.65. The summed E-state index contributed by atoms with van der Waals surface area (Å²) in [5.41, 5.74) is 1.68. The molecule has 0 fully saturated rings. The highest BCUT2D eigenvalue weighted by molar-refractivity contribution is 7.92. The van der Waals surface area contributed by atoms with Crippen molar-refractivity contribution in [1.29, 1.82) is 0 Å². The van der Waals surface area contributed by atoms with Crippen LogP contribution in [0.2, 0.25) is 5.02 Å². The highest BCUT2D eigenvalue weighted by Gasteiger charge is 2.35. The van der Waals surface area contributed by atoms with Gasteiger partial charge < -0.3 is 15.0 Å². The third kappa shape index (κ3) is 9.56. The van der Waals surface area contributed by atoms with Crippen LogP contribution in [0.15, 0.2) is 108 Å². The molecule has 248 valence electrons. The van der Waals surface area contributed by atoms with E-state index < -0.39 is 34.3 Å². The first-order valence-electron chi connectivity index (χ1n) is 15.4. The minimum absolute atomic E-state index is 0.0153. The molecule has 0 unspecified atom stereocenters. The summed E-state index contributed by atoms with van der Waals surface area (Å²) in [6.07, 6.45) is 0.858. The summed E-state index contributed by atoms with van der Waals surface area (Å²) >= 11 is 6.30. The summed E-state index contributed by atoms with van der Waals surface area (Å²) in [6, 6.07) is 25.8. The predicted molar refractivity (Wildman–Crippen MR) is 182 cm³/mol. The van der Waals surface area contributed by atoms with Gasteiger partial charge in [-0.1, -0.05) is 61.0 Å². The van der Waals surface area contributed by atoms with Gasteiger partial charge >= 0.3 is 0 Å². The van der Waals surface area contributed by atoms with E-state index in [1.54, 1.807) is 36.4 Å². The number of sulfonamides is 1. The van der Waals surface area contributed by atoms with Gasteiger partial charge in [-0.2, -0.15) is 0 Å². The first-order chi connectivity index (χ1) is 22.5. The number of carbonyl (C=O) groups excluding carboxylic acids is 2. The number of carbonyl (C=O) groups is 2. The molecule has 0 radical (unpaired) electrons. The normalized spacial score (nSPS) is 12.5. The molecule has 0 aromatic heterocycles. The zero-order valence-electron chi connectivity index (χ0n) is 26.6. The van der Waals surface area contributed by atoms with E-state index in [-0.39, 0.29) is 35.5 Å². The maximum atomic E-state index is 14.5. The van der Waals surface area contributed by atoms with Crippen LogP contribution in [-0.4, -0.2) is 50.4 Å². The molecule has 4 aromatic rings. The fourth-order valence-corrected chi connectivity index (χ4v) is 6.59. The monoisotopic (exact) mass is 679 g/mol. The van der Waals surface area contributed by atoms with Crippen LogP contribution >= 0.6 is 11.6 Å². The first kappa shape index (κ1) is 35.4. The Balaban J connectivity index is 1.81. The number of rotatable bonds is 15. The Labute approximate surface area is 281 Å². The van der Waals surface area contributed by atoms with E-state index in [1.807, 2.05) is 51.1 Å². The topological polar surface area (TPSA) is 96.0 Å². The molecule has 1 N–H and O–H groups in total. The van der Waals surface area contributed by atoms with Gasteiger partial charge in [0.15, 0.2) is 0 Å². The summed E-state index contributed by atoms with van der Waals surface area (Å²) in [5.74, 6) is -1.07. The molecule has 0 heterocycles. The molecular formula is C36H39ClFN3O5S. The quantitative estimate of drug-likeness (QED) is 0.152. The standard InChI is InChI=1S/C36H39ClFN3O5S/c1-4-26(3)39-36(43)34(23-27-10-7-6-8-11-27)40(24-28-12-9-13-29(37)22-28)35(42)25-41(31-16-18-32(19-17-31)46-5-2)47(44,45)33-20-14-30(38)15-21-33/h6-22,26,34H,4-5,23-25H2,1-3H3,(H,39,43)/t26-,34+/m1/s1. The molecule has 4 rings (SSSR count). The number of nitrogens with one attached hydrogen (secondary N) is 1. The minimum Gasteiger partial charge on any atom is -0.494 e. The van der Waals surface area contributed by atoms with Crippen LogP contribution in [-0.2, 0) is 32.6 Å². The number of hydrogen-bond donors (Lipinski definition) is 1. The summed E-state index contributed by atoms with van der Waals surface area (Å²) in [7, 11) is -4.38. The molecule has 4 aromatic carbocycles. The SMILES string of the molecule is CCOc1ccc(N(CC(=O)N(Cc2cccc(Cl)c2)[C@@H](Cc2ccccc2)C(=O)N[C@H](C)CC)S(=O)(=O)c2ccc(F)cc2)cc1. The van der Waals surface area contributed by atoms with Gasteiger partial charge in [0.2, 0.25) is 11.8 Å². The van der Waals surface area contributed by atoms with Crippen LogP contribution < -0.4 is 14.4 Å². The summed E-state index contributed by atoms with van der Waals surface area (Å²) in [4.78, 5) is 29.6. The number of hydrogen-bond acceptors (Lipinski definition) is 5. The van der Waals surface area contributed by atoms with E-state index in [1.165, 1.54) is 17.0 Å². The molecule has 0 saturated heterocycles. The lowest BCUT2D eigenvalue weighted by Gasteiger charge is -2.34. The third-order valence-electron chi connectivity index (χ3n) is 7.63. The number of ether oxygens (including phenoxy) is 1. The minimum atomic E-state index is -4.38. The maximum absolute atomic E-state index is 14.5. The fraction of sp³-hybridized carbons (Fsp3) is 0.278. The number of benzene rings is 4. The Morgan fingerprint density at radius 1 is 0.894 bits per heavy atom. The number of halogens is 2. The van der Waals surface area contributed by atoms with Gasteiger partial charge in [-0.3, -0.25) is 13.9 Å². The Bertz CT molecular complexity index is 1740. The number of anilines is 1. The second-order valence-electron chi connectivity index (χ2n) is 11.1. The van der Waals surface area contributed by atoms with E-state index >= 15 is 0 Å². The fourth-order valence-electron chi connectivity index (χ4n) is 4.96. The van der Waals surface area contributed by atoms with Gasteiger partial charge in [0.1, 0.15) is 24.2 Å². The van der Waals surface area contributed by atoms with Crippen molar-refractivity contribution >= 4 is 39.1 Å². The molecule has 8 nitrogen and oxygen atoms in total. The predicted octanol–water partition coefficient (Wildman–Crippen LogP) is 6.63.